The molecule has 4 heterocycles. The summed E-state index contributed by atoms with van der Waals surface area (Å²) in [6.07, 6.45) is 8.73. The van der Waals surface area contributed by atoms with E-state index in [1.807, 2.05) is 29.9 Å². The van der Waals surface area contributed by atoms with Crippen LogP contribution in [0.5, 0.6) is 0 Å². The van der Waals surface area contributed by atoms with Crippen LogP contribution in [0, 0.1) is 17.3 Å². The summed E-state index contributed by atoms with van der Waals surface area (Å²) < 4.78 is 7.51. The number of ether oxygens (including phenoxy) is 1. The molecule has 270 valence electrons. The first-order chi connectivity index (χ1) is 24.8. The zero-order valence-corrected chi connectivity index (χ0v) is 30.5. The van der Waals surface area contributed by atoms with Crippen LogP contribution in [0.3, 0.4) is 0 Å². The smallest absolute Gasteiger partial charge is 0.236 e. The first-order valence-electron chi connectivity index (χ1n) is 18.7. The molecule has 2 aliphatic heterocycles. The van der Waals surface area contributed by atoms with Crippen molar-refractivity contribution in [3.05, 3.63) is 76.1 Å². The van der Waals surface area contributed by atoms with E-state index in [0.29, 0.717) is 50.0 Å². The molecule has 4 aromatic rings. The van der Waals surface area contributed by atoms with Crippen molar-refractivity contribution < 1.29 is 14.3 Å². The molecule has 2 atom stereocenters. The van der Waals surface area contributed by atoms with Crippen LogP contribution < -0.4 is 21.7 Å². The lowest BCUT2D eigenvalue weighted by Crippen LogP contribution is -2.42. The highest BCUT2D eigenvalue weighted by atomic mass is 35.5. The van der Waals surface area contributed by atoms with Crippen molar-refractivity contribution in [2.45, 2.75) is 84.3 Å². The van der Waals surface area contributed by atoms with Crippen molar-refractivity contribution >= 4 is 40.1 Å². The number of aromatic nitrogens is 3. The number of carbonyl (C=O) groups is 2. The zero-order chi connectivity index (χ0) is 35.5. The fourth-order valence-corrected chi connectivity index (χ4v) is 8.41. The van der Waals surface area contributed by atoms with Gasteiger partial charge in [-0.05, 0) is 112 Å². The van der Waals surface area contributed by atoms with Crippen LogP contribution in [0.4, 0.5) is 5.69 Å². The Morgan fingerprint density at radius 3 is 2.59 bits per heavy atom. The van der Waals surface area contributed by atoms with Crippen molar-refractivity contribution in [1.82, 2.24) is 25.4 Å². The van der Waals surface area contributed by atoms with E-state index in [1.165, 1.54) is 18.4 Å². The van der Waals surface area contributed by atoms with Crippen molar-refractivity contribution in [1.29, 1.82) is 0 Å². The Labute approximate surface area is 305 Å². The van der Waals surface area contributed by atoms with E-state index >= 15 is 0 Å². The van der Waals surface area contributed by atoms with Crippen LogP contribution >= 0.6 is 11.6 Å². The summed E-state index contributed by atoms with van der Waals surface area (Å²) in [4.78, 5) is 32.0. The predicted octanol–water partition coefficient (Wildman–Crippen LogP) is 5.82. The number of pyridine rings is 1. The minimum absolute atomic E-state index is 0.204. The summed E-state index contributed by atoms with van der Waals surface area (Å²) in [5.74, 6) is -0.430. The molecule has 1 saturated carbocycles. The van der Waals surface area contributed by atoms with E-state index in [0.717, 1.165) is 77.0 Å². The van der Waals surface area contributed by atoms with E-state index in [2.05, 4.69) is 58.3 Å². The number of hydrogen-bond donors (Lipinski definition) is 4. The van der Waals surface area contributed by atoms with Crippen LogP contribution in [0.15, 0.2) is 48.7 Å². The molecule has 0 spiro atoms. The summed E-state index contributed by atoms with van der Waals surface area (Å²) in [5.41, 5.74) is 12.7. The molecule has 3 aliphatic rings. The maximum absolute atomic E-state index is 14.0. The van der Waals surface area contributed by atoms with Gasteiger partial charge in [0.1, 0.15) is 5.41 Å². The van der Waals surface area contributed by atoms with Gasteiger partial charge in [0, 0.05) is 54.2 Å². The first-order valence-corrected chi connectivity index (χ1v) is 19.1. The quantitative estimate of drug-likeness (QED) is 0.128. The Balaban J connectivity index is 1.09. The Hall–Kier alpha value is -3.99. The van der Waals surface area contributed by atoms with Gasteiger partial charge in [0.05, 0.1) is 17.3 Å². The van der Waals surface area contributed by atoms with Gasteiger partial charge in [-0.1, -0.05) is 48.9 Å². The summed E-state index contributed by atoms with van der Waals surface area (Å²) >= 11 is 6.76. The molecule has 51 heavy (non-hydrogen) atoms. The molecule has 5 N–H and O–H groups in total. The van der Waals surface area contributed by atoms with Crippen LogP contribution in [-0.2, 0) is 46.7 Å². The lowest BCUT2D eigenvalue weighted by atomic mass is 9.89. The fourth-order valence-electron chi connectivity index (χ4n) is 8.18. The van der Waals surface area contributed by atoms with Gasteiger partial charge in [0.25, 0.3) is 0 Å². The van der Waals surface area contributed by atoms with Crippen LogP contribution in [-0.4, -0.2) is 58.9 Å². The number of nitrogens with one attached hydrogen (secondary N) is 3. The first kappa shape index (κ1) is 35.4. The number of rotatable bonds is 13. The molecule has 0 bridgehead atoms. The van der Waals surface area contributed by atoms with Crippen molar-refractivity contribution in [2.75, 3.05) is 31.6 Å². The monoisotopic (exact) mass is 711 g/mol. The highest BCUT2D eigenvalue weighted by molar-refractivity contribution is 6.33. The maximum atomic E-state index is 14.0. The topological polar surface area (TPSA) is 136 Å². The second kappa shape index (κ2) is 15.3. The maximum Gasteiger partial charge on any atom is 0.236 e. The molecule has 2 aromatic heterocycles. The Kier molecular flexibility index (Phi) is 10.6. The largest absolute Gasteiger partial charge is 0.381 e. The number of fused-ring (bicyclic) bond motifs is 1. The van der Waals surface area contributed by atoms with Gasteiger partial charge >= 0.3 is 0 Å². The number of hydrogen-bond acceptors (Lipinski definition) is 7. The minimum atomic E-state index is -1.26. The predicted molar refractivity (Wildman–Crippen MR) is 202 cm³/mol. The fraction of sp³-hybridized carbons (Fsp3) is 0.500. The molecule has 2 unspecified atom stereocenters. The Bertz CT molecular complexity index is 1900. The SMILES string of the molecule is CCc1nc2c(cnn2CC)c(NC2CCOCC2)c1CNC(=O)C1(C(N)=O)CC1Cc1ccc(Cl)c(-c2cccc(CC3CCNCC3)c2)c1. The van der Waals surface area contributed by atoms with Gasteiger partial charge in [-0.25, -0.2) is 9.67 Å². The normalized spacial score (nSPS) is 21.1. The van der Waals surface area contributed by atoms with Crippen LogP contribution in [0.25, 0.3) is 22.2 Å². The van der Waals surface area contributed by atoms with Crippen LogP contribution in [0.1, 0.15) is 68.3 Å². The number of carbonyl (C=O) groups excluding carboxylic acids is 2. The Morgan fingerprint density at radius 1 is 1.06 bits per heavy atom. The van der Waals surface area contributed by atoms with E-state index in [9.17, 15) is 9.59 Å². The molecule has 3 fully saturated rings. The van der Waals surface area contributed by atoms with Gasteiger partial charge in [-0.15, -0.1) is 0 Å². The van der Waals surface area contributed by atoms with Crippen LogP contribution in [0.2, 0.25) is 5.02 Å². The minimum Gasteiger partial charge on any atom is -0.381 e. The van der Waals surface area contributed by atoms with Crippen molar-refractivity contribution in [3.63, 3.8) is 0 Å². The summed E-state index contributed by atoms with van der Waals surface area (Å²) in [5, 5.41) is 16.5. The summed E-state index contributed by atoms with van der Waals surface area (Å²) in [6.45, 7) is 8.62. The molecule has 0 radical (unpaired) electrons. The molecule has 11 heteroatoms. The lowest BCUT2D eigenvalue weighted by molar-refractivity contribution is -0.136. The van der Waals surface area contributed by atoms with Gasteiger partial charge in [0.15, 0.2) is 5.65 Å². The third-order valence-corrected chi connectivity index (χ3v) is 11.6. The average Bonchev–Trinajstić information content (AvgIpc) is 3.73. The van der Waals surface area contributed by atoms with E-state index in [1.54, 1.807) is 0 Å². The number of primary amides is 1. The van der Waals surface area contributed by atoms with E-state index in [4.69, 9.17) is 27.1 Å². The molecule has 2 amide bonds. The molecule has 1 aliphatic carbocycles. The lowest BCUT2D eigenvalue weighted by Gasteiger charge is -2.27. The molecule has 10 nitrogen and oxygen atoms in total. The number of nitrogens with two attached hydrogens (primary N) is 1. The second-order valence-electron chi connectivity index (χ2n) is 14.5. The average molecular weight is 712 g/mol. The van der Waals surface area contributed by atoms with E-state index in [-0.39, 0.29) is 24.4 Å². The van der Waals surface area contributed by atoms with Gasteiger partial charge in [0.2, 0.25) is 11.8 Å². The highest BCUT2D eigenvalue weighted by Crippen LogP contribution is 2.54. The molecular formula is C40H50ClN7O3. The van der Waals surface area contributed by atoms with Gasteiger partial charge < -0.3 is 26.4 Å². The number of benzene rings is 2. The van der Waals surface area contributed by atoms with E-state index < -0.39 is 11.3 Å². The number of halogens is 1. The molecule has 2 saturated heterocycles. The number of piperidine rings is 1. The summed E-state index contributed by atoms with van der Waals surface area (Å²) in [7, 11) is 0. The van der Waals surface area contributed by atoms with Crippen molar-refractivity contribution in [3.8, 4) is 11.1 Å². The number of amides is 2. The number of nitrogens with zero attached hydrogens (tertiary/aromatic N) is 3. The third kappa shape index (κ3) is 7.36. The molecule has 2 aromatic carbocycles. The third-order valence-electron chi connectivity index (χ3n) is 11.3. The zero-order valence-electron chi connectivity index (χ0n) is 29.8. The standard InChI is InChI=1S/C40H50ClN7O3/c1-3-35-32(36(46-30-12-16-51-17-13-30)33-24-45-48(4-2)37(33)47-35)23-44-39(50)40(38(42)49)22-29(40)20-27-8-9-34(41)31(21-27)28-7-5-6-26(19-28)18-25-10-14-43-15-11-25/h5-9,19,21,24-25,29-30,43H,3-4,10-18,20,22-23H2,1-2H3,(H2,42,49)(H,44,50)(H,46,47). The molecular weight excluding hydrogens is 662 g/mol. The second-order valence-corrected chi connectivity index (χ2v) is 14.9. The Morgan fingerprint density at radius 2 is 1.84 bits per heavy atom. The van der Waals surface area contributed by atoms with Crippen molar-refractivity contribution in [2.24, 2.45) is 23.0 Å². The highest BCUT2D eigenvalue weighted by Gasteiger charge is 2.64. The number of anilines is 1. The molecule has 7 rings (SSSR count). The number of aryl methyl sites for hydroxylation is 2. The van der Waals surface area contributed by atoms with Gasteiger partial charge in [-0.3, -0.25) is 9.59 Å². The van der Waals surface area contributed by atoms with Gasteiger partial charge in [-0.2, -0.15) is 5.10 Å². The summed E-state index contributed by atoms with van der Waals surface area (Å²) in [6, 6.07) is 14.9.